The van der Waals surface area contributed by atoms with E-state index in [2.05, 4.69) is 30.6 Å². The van der Waals surface area contributed by atoms with Crippen molar-refractivity contribution in [2.45, 2.75) is 6.92 Å². The molecule has 3 heterocycles. The lowest BCUT2D eigenvalue weighted by molar-refractivity contribution is 0.619. The van der Waals surface area contributed by atoms with Gasteiger partial charge in [0.15, 0.2) is 5.65 Å². The molecule has 3 aromatic heterocycles. The maximum absolute atomic E-state index is 13.6. The molecule has 24 heavy (non-hydrogen) atoms. The van der Waals surface area contributed by atoms with Crippen LogP contribution in [0.2, 0.25) is 0 Å². The first-order valence-corrected chi connectivity index (χ1v) is 7.33. The standard InChI is InChI=1S/C16H14FN7/c1-9-5-10(3-4-13(9)17)14-12-7-18-23-15(12)22-16(21-14)20-11-6-19-24(2)8-11/h3-8H,1-2H3,(H2,18,20,21,22,23). The molecule has 1 aromatic carbocycles. The molecule has 4 aromatic rings. The van der Waals surface area contributed by atoms with Crippen LogP contribution in [0, 0.1) is 12.7 Å². The number of nitrogens with one attached hydrogen (secondary N) is 2. The first-order valence-electron chi connectivity index (χ1n) is 7.33. The van der Waals surface area contributed by atoms with Gasteiger partial charge in [0.25, 0.3) is 0 Å². The Morgan fingerprint density at radius 1 is 1.21 bits per heavy atom. The normalized spacial score (nSPS) is 11.1. The van der Waals surface area contributed by atoms with Crippen LogP contribution in [0.5, 0.6) is 0 Å². The first-order chi connectivity index (χ1) is 11.6. The van der Waals surface area contributed by atoms with E-state index >= 15 is 0 Å². The van der Waals surface area contributed by atoms with E-state index in [1.807, 2.05) is 13.2 Å². The van der Waals surface area contributed by atoms with Gasteiger partial charge in [-0.3, -0.25) is 9.78 Å². The van der Waals surface area contributed by atoms with Gasteiger partial charge in [-0.1, -0.05) is 0 Å². The number of hydrogen-bond acceptors (Lipinski definition) is 5. The molecule has 4 rings (SSSR count). The zero-order valence-corrected chi connectivity index (χ0v) is 13.1. The Labute approximate surface area is 136 Å². The van der Waals surface area contributed by atoms with Crippen LogP contribution >= 0.6 is 0 Å². The van der Waals surface area contributed by atoms with E-state index in [-0.39, 0.29) is 5.82 Å². The second kappa shape index (κ2) is 5.41. The number of fused-ring (bicyclic) bond motifs is 1. The number of nitrogens with zero attached hydrogens (tertiary/aromatic N) is 5. The second-order valence-corrected chi connectivity index (χ2v) is 5.52. The van der Waals surface area contributed by atoms with Crippen molar-refractivity contribution in [2.75, 3.05) is 5.32 Å². The highest BCUT2D eigenvalue weighted by Gasteiger charge is 2.13. The minimum atomic E-state index is -0.245. The zero-order chi connectivity index (χ0) is 16.7. The third kappa shape index (κ3) is 2.47. The Hall–Kier alpha value is -3.29. The Morgan fingerprint density at radius 2 is 2.08 bits per heavy atom. The van der Waals surface area contributed by atoms with Gasteiger partial charge in [-0.25, -0.2) is 9.37 Å². The first kappa shape index (κ1) is 14.3. The third-order valence-electron chi connectivity index (χ3n) is 3.70. The number of halogens is 1. The molecule has 2 N–H and O–H groups in total. The smallest absolute Gasteiger partial charge is 0.229 e. The molecular weight excluding hydrogens is 309 g/mol. The number of anilines is 2. The Bertz CT molecular complexity index is 1030. The third-order valence-corrected chi connectivity index (χ3v) is 3.70. The summed E-state index contributed by atoms with van der Waals surface area (Å²) in [7, 11) is 1.83. The number of benzene rings is 1. The van der Waals surface area contributed by atoms with Crippen LogP contribution in [0.15, 0.2) is 36.8 Å². The SMILES string of the molecule is Cc1cc(-c2nc(Nc3cnn(C)c3)nc3[nH]ncc23)ccc1F. The van der Waals surface area contributed by atoms with E-state index in [9.17, 15) is 4.39 Å². The molecule has 8 heteroatoms. The fourth-order valence-corrected chi connectivity index (χ4v) is 2.52. The van der Waals surface area contributed by atoms with Crippen LogP contribution in [0.1, 0.15) is 5.56 Å². The second-order valence-electron chi connectivity index (χ2n) is 5.52. The fourth-order valence-electron chi connectivity index (χ4n) is 2.52. The van der Waals surface area contributed by atoms with E-state index in [4.69, 9.17) is 0 Å². The van der Waals surface area contributed by atoms with E-state index in [1.54, 1.807) is 36.1 Å². The monoisotopic (exact) mass is 323 g/mol. The van der Waals surface area contributed by atoms with Crippen molar-refractivity contribution in [1.82, 2.24) is 29.9 Å². The molecule has 0 spiro atoms. The lowest BCUT2D eigenvalue weighted by Gasteiger charge is -2.08. The number of rotatable bonds is 3. The van der Waals surface area contributed by atoms with Gasteiger partial charge in [-0.15, -0.1) is 0 Å². The highest BCUT2D eigenvalue weighted by Crippen LogP contribution is 2.28. The van der Waals surface area contributed by atoms with Crippen LogP contribution in [0.4, 0.5) is 16.0 Å². The van der Waals surface area contributed by atoms with Crippen LogP contribution in [0.25, 0.3) is 22.3 Å². The molecule has 0 saturated carbocycles. The summed E-state index contributed by atoms with van der Waals surface area (Å²) in [5, 5.41) is 14.9. The number of aromatic amines is 1. The summed E-state index contributed by atoms with van der Waals surface area (Å²) in [4.78, 5) is 8.99. The fraction of sp³-hybridized carbons (Fsp3) is 0.125. The summed E-state index contributed by atoms with van der Waals surface area (Å²) in [5.74, 6) is 0.168. The van der Waals surface area contributed by atoms with Gasteiger partial charge >= 0.3 is 0 Å². The van der Waals surface area contributed by atoms with Crippen molar-refractivity contribution < 1.29 is 4.39 Å². The van der Waals surface area contributed by atoms with Crippen molar-refractivity contribution in [3.63, 3.8) is 0 Å². The summed E-state index contributed by atoms with van der Waals surface area (Å²) < 4.78 is 15.2. The van der Waals surface area contributed by atoms with Gasteiger partial charge in [0, 0.05) is 18.8 Å². The van der Waals surface area contributed by atoms with Crippen LogP contribution in [0.3, 0.4) is 0 Å². The van der Waals surface area contributed by atoms with Gasteiger partial charge in [-0.2, -0.15) is 15.2 Å². The Balaban J connectivity index is 1.84. The summed E-state index contributed by atoms with van der Waals surface area (Å²) in [6.07, 6.45) is 5.17. The summed E-state index contributed by atoms with van der Waals surface area (Å²) >= 11 is 0. The Kier molecular flexibility index (Phi) is 3.23. The molecule has 0 aliphatic rings. The average molecular weight is 323 g/mol. The molecule has 7 nitrogen and oxygen atoms in total. The number of H-pyrrole nitrogens is 1. The molecule has 0 fully saturated rings. The molecule has 0 bridgehead atoms. The van der Waals surface area contributed by atoms with Crippen LogP contribution in [-0.2, 0) is 7.05 Å². The van der Waals surface area contributed by atoms with Gasteiger partial charge in [0.1, 0.15) is 5.82 Å². The lowest BCUT2D eigenvalue weighted by Crippen LogP contribution is -1.99. The number of hydrogen-bond donors (Lipinski definition) is 2. The van der Waals surface area contributed by atoms with E-state index in [1.165, 1.54) is 6.07 Å². The molecular formula is C16H14FN7. The molecule has 0 amide bonds. The van der Waals surface area contributed by atoms with Gasteiger partial charge < -0.3 is 5.32 Å². The number of aromatic nitrogens is 6. The maximum Gasteiger partial charge on any atom is 0.229 e. The number of aryl methyl sites for hydroxylation is 2. The van der Waals surface area contributed by atoms with Crippen molar-refractivity contribution in [3.8, 4) is 11.3 Å². The molecule has 0 aliphatic carbocycles. The summed E-state index contributed by atoms with van der Waals surface area (Å²) in [6.45, 7) is 1.72. The summed E-state index contributed by atoms with van der Waals surface area (Å²) in [5.41, 5.74) is 3.43. The molecule has 0 atom stereocenters. The van der Waals surface area contributed by atoms with E-state index in [0.29, 0.717) is 22.9 Å². The molecule has 0 aliphatic heterocycles. The minimum Gasteiger partial charge on any atom is -0.321 e. The van der Waals surface area contributed by atoms with Gasteiger partial charge in [0.2, 0.25) is 5.95 Å². The maximum atomic E-state index is 13.6. The van der Waals surface area contributed by atoms with Crippen molar-refractivity contribution in [3.05, 3.63) is 48.2 Å². The lowest BCUT2D eigenvalue weighted by atomic mass is 10.1. The van der Waals surface area contributed by atoms with E-state index in [0.717, 1.165) is 16.6 Å². The summed E-state index contributed by atoms with van der Waals surface area (Å²) in [6, 6.07) is 4.90. The quantitative estimate of drug-likeness (QED) is 0.605. The largest absolute Gasteiger partial charge is 0.321 e. The molecule has 0 unspecified atom stereocenters. The van der Waals surface area contributed by atoms with Crippen molar-refractivity contribution >= 4 is 22.7 Å². The van der Waals surface area contributed by atoms with Gasteiger partial charge in [0.05, 0.1) is 29.2 Å². The molecule has 120 valence electrons. The van der Waals surface area contributed by atoms with Crippen molar-refractivity contribution in [1.29, 1.82) is 0 Å². The minimum absolute atomic E-state index is 0.245. The predicted octanol–water partition coefficient (Wildman–Crippen LogP) is 2.94. The zero-order valence-electron chi connectivity index (χ0n) is 13.1. The topological polar surface area (TPSA) is 84.3 Å². The van der Waals surface area contributed by atoms with E-state index < -0.39 is 0 Å². The molecule has 0 saturated heterocycles. The highest BCUT2D eigenvalue weighted by atomic mass is 19.1. The van der Waals surface area contributed by atoms with Crippen molar-refractivity contribution in [2.24, 2.45) is 7.05 Å². The Morgan fingerprint density at radius 3 is 2.83 bits per heavy atom. The predicted molar refractivity (Wildman–Crippen MR) is 88.3 cm³/mol. The van der Waals surface area contributed by atoms with Crippen LogP contribution in [-0.4, -0.2) is 29.9 Å². The van der Waals surface area contributed by atoms with Gasteiger partial charge in [-0.05, 0) is 30.7 Å². The molecule has 0 radical (unpaired) electrons. The highest BCUT2D eigenvalue weighted by molar-refractivity contribution is 5.91. The van der Waals surface area contributed by atoms with Crippen LogP contribution < -0.4 is 5.32 Å². The average Bonchev–Trinajstić information content (AvgIpc) is 3.18.